The highest BCUT2D eigenvalue weighted by molar-refractivity contribution is 6.05. The van der Waals surface area contributed by atoms with E-state index >= 15 is 0 Å². The number of aryl methyl sites for hydroxylation is 1. The lowest BCUT2D eigenvalue weighted by Crippen LogP contribution is -2.75. The maximum Gasteiger partial charge on any atom is 0.255 e. The number of nitrogens with one attached hydrogen (secondary N) is 2. The van der Waals surface area contributed by atoms with Crippen LogP contribution in [-0.2, 0) is 45.2 Å². The van der Waals surface area contributed by atoms with Gasteiger partial charge in [-0.15, -0.1) is 0 Å². The molecule has 2 aromatic rings. The lowest BCUT2D eigenvalue weighted by molar-refractivity contribution is -0.181. The van der Waals surface area contributed by atoms with E-state index in [-0.39, 0.29) is 58.4 Å². The molecule has 5 amide bonds. The Kier molecular flexibility index (Phi) is 9.96. The van der Waals surface area contributed by atoms with Gasteiger partial charge in [-0.3, -0.25) is 34.2 Å². The van der Waals surface area contributed by atoms with E-state index in [2.05, 4.69) is 60.3 Å². The fourth-order valence-corrected chi connectivity index (χ4v) is 12.8. The minimum atomic E-state index is -0.603. The molecule has 60 heavy (non-hydrogen) atoms. The van der Waals surface area contributed by atoms with Crippen LogP contribution in [0.3, 0.4) is 0 Å². The molecule has 12 nitrogen and oxygen atoms in total. The quantitative estimate of drug-likeness (QED) is 0.303. The van der Waals surface area contributed by atoms with Gasteiger partial charge in [0, 0.05) is 79.0 Å². The van der Waals surface area contributed by atoms with Crippen molar-refractivity contribution in [2.75, 3.05) is 19.6 Å². The maximum atomic E-state index is 14.3. The van der Waals surface area contributed by atoms with Crippen molar-refractivity contribution >= 4 is 29.5 Å². The molecular formula is C48H60N6O6. The van der Waals surface area contributed by atoms with Crippen molar-refractivity contribution in [2.45, 2.75) is 143 Å². The summed E-state index contributed by atoms with van der Waals surface area (Å²) in [5, 5.41) is 15.4. The lowest BCUT2D eigenvalue weighted by atomic mass is 9.48. The van der Waals surface area contributed by atoms with Crippen LogP contribution in [0.2, 0.25) is 0 Å². The number of hydrogen-bond acceptors (Lipinski definition) is 8. The van der Waals surface area contributed by atoms with E-state index in [4.69, 9.17) is 4.74 Å². The summed E-state index contributed by atoms with van der Waals surface area (Å²) in [5.41, 5.74) is 4.30. The molecule has 0 spiro atoms. The molecule has 1 unspecified atom stereocenters. The second-order valence-corrected chi connectivity index (χ2v) is 20.5. The van der Waals surface area contributed by atoms with Gasteiger partial charge in [0.25, 0.3) is 5.91 Å². The molecule has 4 saturated carbocycles. The number of fused-ring (bicyclic) bond motifs is 5. The molecule has 6 fully saturated rings. The molecule has 1 atom stereocenters. The largest absolute Gasteiger partial charge is 0.489 e. The first kappa shape index (κ1) is 40.6. The van der Waals surface area contributed by atoms with Gasteiger partial charge in [0.2, 0.25) is 23.6 Å². The lowest BCUT2D eigenvalue weighted by Gasteiger charge is -2.64. The van der Waals surface area contributed by atoms with E-state index in [9.17, 15) is 29.2 Å². The number of rotatable bonds is 9. The molecule has 0 aromatic heterocycles. The van der Waals surface area contributed by atoms with Crippen molar-refractivity contribution in [1.29, 1.82) is 5.26 Å². The van der Waals surface area contributed by atoms with Gasteiger partial charge in [-0.2, -0.15) is 5.26 Å². The van der Waals surface area contributed by atoms with Crippen LogP contribution in [0.4, 0.5) is 0 Å². The number of benzene rings is 2. The third-order valence-corrected chi connectivity index (χ3v) is 16.2. The van der Waals surface area contributed by atoms with Crippen LogP contribution in [-0.4, -0.2) is 82.1 Å². The van der Waals surface area contributed by atoms with Crippen LogP contribution in [0, 0.1) is 38.9 Å². The van der Waals surface area contributed by atoms with Crippen LogP contribution >= 0.6 is 0 Å². The van der Waals surface area contributed by atoms with Crippen molar-refractivity contribution in [3.8, 4) is 11.8 Å². The van der Waals surface area contributed by atoms with E-state index in [1.807, 2.05) is 31.2 Å². The van der Waals surface area contributed by atoms with Crippen LogP contribution in [0.15, 0.2) is 30.3 Å². The predicted octanol–water partition coefficient (Wildman–Crippen LogP) is 5.77. The predicted molar refractivity (Wildman–Crippen MR) is 223 cm³/mol. The number of nitrogens with zero attached hydrogens (tertiary/aromatic N) is 4. The molecule has 8 aliphatic rings. The minimum absolute atomic E-state index is 0.0602. The molecule has 2 aromatic carbocycles. The standard InChI is InChI=1S/C48H60N6O6/c1-6-30-22-35(8-7-31(30)24-49)60-42-45(2,3)41(46(42,4)5)51-43(58)47-13-16-48(17-14-47,18-15-47)44(59)53-19-11-29(12-20-53)25-52-26-32-21-34-28-54(37-9-10-38(55)50-39(37)56)40(57)36(34)23-33(32)27-52/h7-8,21-23,29,37,41-42H,6,9-20,25-28H2,1-5H3,(H,51,58)(H,50,55,56). The Balaban J connectivity index is 0.748. The van der Waals surface area contributed by atoms with Crippen LogP contribution in [0.1, 0.15) is 137 Å². The molecule has 2 bridgehead atoms. The van der Waals surface area contributed by atoms with E-state index in [0.717, 1.165) is 107 Å². The average molecular weight is 817 g/mol. The van der Waals surface area contributed by atoms with Gasteiger partial charge in [0.1, 0.15) is 17.9 Å². The first-order valence-corrected chi connectivity index (χ1v) is 22.4. The number of imide groups is 1. The Morgan fingerprint density at radius 3 is 2.15 bits per heavy atom. The Morgan fingerprint density at radius 2 is 1.52 bits per heavy atom. The van der Waals surface area contributed by atoms with Crippen LogP contribution in [0.25, 0.3) is 0 Å². The summed E-state index contributed by atoms with van der Waals surface area (Å²) in [7, 11) is 0. The van der Waals surface area contributed by atoms with Crippen molar-refractivity contribution in [1.82, 2.24) is 25.3 Å². The summed E-state index contributed by atoms with van der Waals surface area (Å²) >= 11 is 0. The molecule has 0 radical (unpaired) electrons. The number of likely N-dealkylation sites (tertiary alicyclic amines) is 1. The maximum absolute atomic E-state index is 14.3. The van der Waals surface area contributed by atoms with Crippen molar-refractivity contribution in [2.24, 2.45) is 27.6 Å². The molecule has 318 valence electrons. The molecule has 2 N–H and O–H groups in total. The third kappa shape index (κ3) is 6.61. The Bertz CT molecular complexity index is 2160. The highest BCUT2D eigenvalue weighted by atomic mass is 16.5. The first-order valence-electron chi connectivity index (χ1n) is 22.4. The van der Waals surface area contributed by atoms with Gasteiger partial charge >= 0.3 is 0 Å². The molecular weight excluding hydrogens is 757 g/mol. The van der Waals surface area contributed by atoms with Gasteiger partial charge in [-0.05, 0) is 117 Å². The van der Waals surface area contributed by atoms with Gasteiger partial charge in [0.15, 0.2) is 0 Å². The summed E-state index contributed by atoms with van der Waals surface area (Å²) in [6, 6.07) is 11.5. The third-order valence-electron chi connectivity index (χ3n) is 16.2. The summed E-state index contributed by atoms with van der Waals surface area (Å²) in [5.74, 6) is 0.888. The molecule has 10 rings (SSSR count). The van der Waals surface area contributed by atoms with Crippen LogP contribution in [0.5, 0.6) is 5.75 Å². The summed E-state index contributed by atoms with van der Waals surface area (Å²) in [6.07, 6.45) is 7.75. The van der Waals surface area contributed by atoms with E-state index in [0.29, 0.717) is 35.9 Å². The monoisotopic (exact) mass is 816 g/mol. The van der Waals surface area contributed by atoms with Crippen LogP contribution < -0.4 is 15.4 Å². The zero-order chi connectivity index (χ0) is 42.4. The van der Waals surface area contributed by atoms with Gasteiger partial charge in [0.05, 0.1) is 11.6 Å². The molecule has 4 aliphatic carbocycles. The number of ether oxygens (including phenoxy) is 1. The van der Waals surface area contributed by atoms with Gasteiger partial charge in [-0.1, -0.05) is 40.7 Å². The summed E-state index contributed by atoms with van der Waals surface area (Å²) < 4.78 is 6.60. The van der Waals surface area contributed by atoms with E-state index < -0.39 is 11.5 Å². The zero-order valence-corrected chi connectivity index (χ0v) is 36.0. The normalized spacial score (nSPS) is 30.6. The minimum Gasteiger partial charge on any atom is -0.489 e. The number of amides is 5. The van der Waals surface area contributed by atoms with Crippen molar-refractivity contribution in [3.05, 3.63) is 63.7 Å². The second-order valence-electron chi connectivity index (χ2n) is 20.5. The number of hydrogen-bond donors (Lipinski definition) is 2. The van der Waals surface area contributed by atoms with E-state index in [1.54, 1.807) is 4.90 Å². The molecule has 4 aliphatic heterocycles. The molecule has 4 heterocycles. The average Bonchev–Trinajstić information content (AvgIpc) is 3.79. The Morgan fingerprint density at radius 1 is 0.867 bits per heavy atom. The van der Waals surface area contributed by atoms with Crippen molar-refractivity contribution < 1.29 is 28.7 Å². The highest BCUT2D eigenvalue weighted by Gasteiger charge is 2.65. The topological polar surface area (TPSA) is 152 Å². The number of nitriles is 1. The van der Waals surface area contributed by atoms with E-state index in [1.165, 1.54) is 11.1 Å². The van der Waals surface area contributed by atoms with Gasteiger partial charge in [-0.25, -0.2) is 0 Å². The Labute approximate surface area is 353 Å². The molecule has 2 saturated heterocycles. The zero-order valence-electron chi connectivity index (χ0n) is 36.0. The molecule has 12 heteroatoms. The number of carbonyl (C=O) groups is 5. The second kappa shape index (κ2) is 14.7. The fraction of sp³-hybridized carbons (Fsp3) is 0.625. The first-order chi connectivity index (χ1) is 28.6. The number of carbonyl (C=O) groups excluding carboxylic acids is 5. The SMILES string of the molecule is CCc1cc(OC2C(C)(C)C(NC(=O)C34CCC(C(=O)N5CCC(CN6Cc7cc8c(cc7C6)C(=O)N(C6CCC(=O)NC6=O)C8)CC5)(CC3)CC4)C2(C)C)ccc1C#N. The summed E-state index contributed by atoms with van der Waals surface area (Å²) in [6.45, 7) is 15.2. The smallest absolute Gasteiger partial charge is 0.255 e. The van der Waals surface area contributed by atoms with Gasteiger partial charge < -0.3 is 19.9 Å². The summed E-state index contributed by atoms with van der Waals surface area (Å²) in [4.78, 5) is 72.2. The highest BCUT2D eigenvalue weighted by Crippen LogP contribution is 2.60. The van der Waals surface area contributed by atoms with Crippen molar-refractivity contribution in [3.63, 3.8) is 0 Å². The Hall–Kier alpha value is -4.76. The fourth-order valence-electron chi connectivity index (χ4n) is 12.8. The number of piperidine rings is 2.